The van der Waals surface area contributed by atoms with Crippen molar-refractivity contribution >= 4 is 11.9 Å². The van der Waals surface area contributed by atoms with E-state index in [2.05, 4.69) is 0 Å². The third-order valence-corrected chi connectivity index (χ3v) is 3.03. The average Bonchev–Trinajstić information content (AvgIpc) is 2.97. The molecule has 2 atom stereocenters. The highest BCUT2D eigenvalue weighted by atomic mass is 19.4. The van der Waals surface area contributed by atoms with Gasteiger partial charge in [0.05, 0.1) is 24.6 Å². The highest BCUT2D eigenvalue weighted by Crippen LogP contribution is 2.40. The fourth-order valence-electron chi connectivity index (χ4n) is 1.99. The number of aliphatic carboxylic acids is 1. The number of hydrogen-bond acceptors (Lipinski definition) is 3. The van der Waals surface area contributed by atoms with Crippen molar-refractivity contribution in [1.29, 1.82) is 0 Å². The molecule has 8 heteroatoms. The van der Waals surface area contributed by atoms with Crippen LogP contribution in [0.5, 0.6) is 0 Å². The van der Waals surface area contributed by atoms with Crippen molar-refractivity contribution < 1.29 is 32.3 Å². The van der Waals surface area contributed by atoms with Gasteiger partial charge in [-0.2, -0.15) is 13.2 Å². The van der Waals surface area contributed by atoms with Crippen LogP contribution >= 0.6 is 0 Å². The first kappa shape index (κ1) is 14.4. The molecule has 1 aromatic heterocycles. The van der Waals surface area contributed by atoms with Gasteiger partial charge >= 0.3 is 12.1 Å². The molecule has 1 heterocycles. The molecule has 0 aliphatic heterocycles. The van der Waals surface area contributed by atoms with Crippen molar-refractivity contribution in [2.45, 2.75) is 19.1 Å². The maximum atomic E-state index is 12.5. The predicted molar refractivity (Wildman–Crippen MR) is 59.4 cm³/mol. The maximum absolute atomic E-state index is 12.5. The molecule has 0 bridgehead atoms. The second-order valence-electron chi connectivity index (χ2n) is 4.68. The van der Waals surface area contributed by atoms with Crippen molar-refractivity contribution in [3.63, 3.8) is 0 Å². The van der Waals surface area contributed by atoms with E-state index < -0.39 is 36.4 Å². The summed E-state index contributed by atoms with van der Waals surface area (Å²) < 4.78 is 42.4. The van der Waals surface area contributed by atoms with Crippen LogP contribution in [0.1, 0.15) is 12.2 Å². The molecule has 2 rings (SSSR count). The van der Waals surface area contributed by atoms with Crippen LogP contribution < -0.4 is 0 Å². The maximum Gasteiger partial charge on any atom is 0.406 e. The molecule has 0 aromatic carbocycles. The van der Waals surface area contributed by atoms with Gasteiger partial charge in [0.15, 0.2) is 0 Å². The molecular formula is C12H12F3NO4. The number of halogens is 3. The molecule has 0 radical (unpaired) electrons. The summed E-state index contributed by atoms with van der Waals surface area (Å²) in [5, 5.41) is 8.73. The van der Waals surface area contributed by atoms with E-state index in [1.54, 1.807) is 0 Å². The number of carbonyl (C=O) groups excluding carboxylic acids is 1. The molecule has 1 amide bonds. The lowest BCUT2D eigenvalue weighted by Gasteiger charge is -2.23. The zero-order valence-electron chi connectivity index (χ0n) is 10.3. The highest BCUT2D eigenvalue weighted by Gasteiger charge is 2.51. The standard InChI is InChI=1S/C12H12F3NO4/c13-12(14,15)6-16(5-7-2-1-3-20-7)10(17)8-4-9(8)11(18)19/h1-3,8-9H,4-6H2,(H,18,19)/t8-,9-/m0/s1. The minimum atomic E-state index is -4.55. The number of amides is 1. The Morgan fingerprint density at radius 2 is 2.10 bits per heavy atom. The van der Waals surface area contributed by atoms with E-state index in [4.69, 9.17) is 9.52 Å². The molecule has 0 unspecified atom stereocenters. The monoisotopic (exact) mass is 291 g/mol. The number of carboxylic acids is 1. The lowest BCUT2D eigenvalue weighted by Crippen LogP contribution is -2.39. The summed E-state index contributed by atoms with van der Waals surface area (Å²) in [7, 11) is 0. The van der Waals surface area contributed by atoms with Gasteiger partial charge in [-0.15, -0.1) is 0 Å². The van der Waals surface area contributed by atoms with Crippen LogP contribution in [0.15, 0.2) is 22.8 Å². The van der Waals surface area contributed by atoms with Crippen molar-refractivity contribution in [1.82, 2.24) is 4.90 Å². The summed E-state index contributed by atoms with van der Waals surface area (Å²) in [5.74, 6) is -3.49. The summed E-state index contributed by atoms with van der Waals surface area (Å²) in [5.41, 5.74) is 0. The van der Waals surface area contributed by atoms with Crippen molar-refractivity contribution in [2.75, 3.05) is 6.54 Å². The van der Waals surface area contributed by atoms with Crippen LogP contribution in [-0.2, 0) is 16.1 Å². The molecule has 1 aromatic rings. The van der Waals surface area contributed by atoms with E-state index in [9.17, 15) is 22.8 Å². The second-order valence-corrected chi connectivity index (χ2v) is 4.68. The molecule has 1 N–H and O–H groups in total. The Kier molecular flexibility index (Phi) is 3.74. The van der Waals surface area contributed by atoms with Gasteiger partial charge in [-0.05, 0) is 18.6 Å². The van der Waals surface area contributed by atoms with E-state index in [-0.39, 0.29) is 18.7 Å². The number of alkyl halides is 3. The Labute approximate surface area is 112 Å². The topological polar surface area (TPSA) is 70.8 Å². The summed E-state index contributed by atoms with van der Waals surface area (Å²) in [6.07, 6.45) is -3.17. The first-order valence-electron chi connectivity index (χ1n) is 5.88. The number of nitrogens with zero attached hydrogens (tertiary/aromatic N) is 1. The molecule has 0 spiro atoms. The van der Waals surface area contributed by atoms with Gasteiger partial charge in [0.2, 0.25) is 5.91 Å². The van der Waals surface area contributed by atoms with Crippen LogP contribution in [0.3, 0.4) is 0 Å². The first-order valence-corrected chi connectivity index (χ1v) is 5.88. The van der Waals surface area contributed by atoms with Gasteiger partial charge in [0, 0.05) is 0 Å². The minimum absolute atomic E-state index is 0.0840. The Balaban J connectivity index is 2.06. The van der Waals surface area contributed by atoms with E-state index in [0.717, 1.165) is 0 Å². The molecule has 1 saturated carbocycles. The quantitative estimate of drug-likeness (QED) is 0.899. The van der Waals surface area contributed by atoms with E-state index in [1.807, 2.05) is 0 Å². The summed E-state index contributed by atoms with van der Waals surface area (Å²) in [4.78, 5) is 23.2. The molecule has 1 aliphatic rings. The molecule has 5 nitrogen and oxygen atoms in total. The predicted octanol–water partition coefficient (Wildman–Crippen LogP) is 1.89. The van der Waals surface area contributed by atoms with Crippen LogP contribution in [0, 0.1) is 11.8 Å². The van der Waals surface area contributed by atoms with Gasteiger partial charge in [0.1, 0.15) is 12.3 Å². The molecule has 0 saturated heterocycles. The molecule has 1 aliphatic carbocycles. The van der Waals surface area contributed by atoms with Gasteiger partial charge in [0.25, 0.3) is 0 Å². The molecule has 20 heavy (non-hydrogen) atoms. The third-order valence-electron chi connectivity index (χ3n) is 3.03. The van der Waals surface area contributed by atoms with Crippen LogP contribution in [0.4, 0.5) is 13.2 Å². The van der Waals surface area contributed by atoms with Crippen molar-refractivity contribution in [2.24, 2.45) is 11.8 Å². The third kappa shape index (κ3) is 3.52. The first-order chi connectivity index (χ1) is 9.28. The zero-order chi connectivity index (χ0) is 14.9. The Morgan fingerprint density at radius 1 is 1.40 bits per heavy atom. The zero-order valence-corrected chi connectivity index (χ0v) is 10.3. The SMILES string of the molecule is O=C(O)[C@H]1C[C@@H]1C(=O)N(Cc1ccco1)CC(F)(F)F. The fraction of sp³-hybridized carbons (Fsp3) is 0.500. The summed E-state index contributed by atoms with van der Waals surface area (Å²) in [6, 6.07) is 2.96. The van der Waals surface area contributed by atoms with Crippen molar-refractivity contribution in [3.05, 3.63) is 24.2 Å². The highest BCUT2D eigenvalue weighted by molar-refractivity contribution is 5.89. The average molecular weight is 291 g/mol. The molecular weight excluding hydrogens is 279 g/mol. The van der Waals surface area contributed by atoms with Gasteiger partial charge in [-0.3, -0.25) is 9.59 Å². The summed E-state index contributed by atoms with van der Waals surface area (Å²) in [6.45, 7) is -1.75. The number of carboxylic acid groups (broad SMARTS) is 1. The number of carbonyl (C=O) groups is 2. The van der Waals surface area contributed by atoms with Gasteiger partial charge in [-0.25, -0.2) is 0 Å². The number of hydrogen-bond donors (Lipinski definition) is 1. The number of furan rings is 1. The minimum Gasteiger partial charge on any atom is -0.481 e. The number of rotatable bonds is 5. The smallest absolute Gasteiger partial charge is 0.406 e. The van der Waals surface area contributed by atoms with Crippen LogP contribution in [0.2, 0.25) is 0 Å². The van der Waals surface area contributed by atoms with Gasteiger partial charge < -0.3 is 14.4 Å². The largest absolute Gasteiger partial charge is 0.481 e. The van der Waals surface area contributed by atoms with Crippen molar-refractivity contribution in [3.8, 4) is 0 Å². The van der Waals surface area contributed by atoms with E-state index in [1.165, 1.54) is 18.4 Å². The second kappa shape index (κ2) is 5.18. The molecule has 110 valence electrons. The van der Waals surface area contributed by atoms with E-state index in [0.29, 0.717) is 4.90 Å². The Morgan fingerprint density at radius 3 is 2.55 bits per heavy atom. The van der Waals surface area contributed by atoms with E-state index >= 15 is 0 Å². The Hall–Kier alpha value is -1.99. The fourth-order valence-corrected chi connectivity index (χ4v) is 1.99. The lowest BCUT2D eigenvalue weighted by atomic mass is 10.2. The summed E-state index contributed by atoms with van der Waals surface area (Å²) >= 11 is 0. The van der Waals surface area contributed by atoms with Gasteiger partial charge in [-0.1, -0.05) is 0 Å². The van der Waals surface area contributed by atoms with Crippen LogP contribution in [-0.4, -0.2) is 34.6 Å². The lowest BCUT2D eigenvalue weighted by molar-refractivity contribution is -0.164. The normalized spacial score (nSPS) is 21.6. The molecule has 1 fully saturated rings. The van der Waals surface area contributed by atoms with Crippen LogP contribution in [0.25, 0.3) is 0 Å². The Bertz CT molecular complexity index is 497.